The van der Waals surface area contributed by atoms with Crippen LogP contribution in [0.3, 0.4) is 0 Å². The lowest BCUT2D eigenvalue weighted by atomic mass is 10.0. The van der Waals surface area contributed by atoms with Crippen molar-refractivity contribution in [3.8, 4) is 11.5 Å². The average Bonchev–Trinajstić information content (AvgIpc) is 2.51. The number of nitrogens with zero attached hydrogens (tertiary/aromatic N) is 4. The zero-order valence-corrected chi connectivity index (χ0v) is 14.1. The van der Waals surface area contributed by atoms with E-state index in [2.05, 4.69) is 47.5 Å². The van der Waals surface area contributed by atoms with Gasteiger partial charge in [-0.15, -0.1) is 0 Å². The zero-order chi connectivity index (χ0) is 17.0. The maximum Gasteiger partial charge on any atom is 0.222 e. The minimum Gasteiger partial charge on any atom is -0.451 e. The molecule has 4 N–H and O–H groups in total. The van der Waals surface area contributed by atoms with Crippen molar-refractivity contribution in [2.45, 2.75) is 33.6 Å². The van der Waals surface area contributed by atoms with Crippen molar-refractivity contribution in [3.05, 3.63) is 24.0 Å². The Morgan fingerprint density at radius 2 is 1.78 bits per heavy atom. The summed E-state index contributed by atoms with van der Waals surface area (Å²) in [5.41, 5.74) is 12.4. The summed E-state index contributed by atoms with van der Waals surface area (Å²) in [5, 5.41) is 0. The first-order valence-electron chi connectivity index (χ1n) is 7.76. The molecule has 2 rings (SSSR count). The van der Waals surface area contributed by atoms with Gasteiger partial charge >= 0.3 is 0 Å². The molecule has 23 heavy (non-hydrogen) atoms. The Bertz CT molecular complexity index is 670. The van der Waals surface area contributed by atoms with Crippen molar-refractivity contribution in [2.75, 3.05) is 29.5 Å². The summed E-state index contributed by atoms with van der Waals surface area (Å²) in [5.74, 6) is 2.56. The molecule has 2 aromatic rings. The molecule has 0 amide bonds. The number of anilines is 3. The largest absolute Gasteiger partial charge is 0.451 e. The molecule has 7 nitrogen and oxygen atoms in total. The third kappa shape index (κ3) is 3.80. The first-order valence-corrected chi connectivity index (χ1v) is 7.76. The summed E-state index contributed by atoms with van der Waals surface area (Å²) >= 11 is 0. The molecular formula is C16H24N6O. The molecule has 0 unspecified atom stereocenters. The van der Waals surface area contributed by atoms with Crippen LogP contribution in [0.2, 0.25) is 0 Å². The van der Waals surface area contributed by atoms with Crippen molar-refractivity contribution in [3.63, 3.8) is 0 Å². The monoisotopic (exact) mass is 316 g/mol. The van der Waals surface area contributed by atoms with E-state index < -0.39 is 0 Å². The molecule has 2 aromatic heterocycles. The molecule has 0 bridgehead atoms. The smallest absolute Gasteiger partial charge is 0.222 e. The van der Waals surface area contributed by atoms with E-state index in [-0.39, 0.29) is 17.7 Å². The fraction of sp³-hybridized carbons (Fsp3) is 0.438. The standard InChI is InChI=1S/C16H24N6O/c1-5-22(6-2)14-7-12(11(8-19-14)10(3)4)23-13-9-20-16(18)21-15(13)17/h7-10H,5-6H2,1-4H3,(H4,17,18,20,21). The van der Waals surface area contributed by atoms with E-state index in [1.807, 2.05) is 12.3 Å². The lowest BCUT2D eigenvalue weighted by molar-refractivity contribution is 0.470. The molecule has 124 valence electrons. The summed E-state index contributed by atoms with van der Waals surface area (Å²) in [6.45, 7) is 10.1. The summed E-state index contributed by atoms with van der Waals surface area (Å²) in [4.78, 5) is 14.6. The molecule has 0 aliphatic heterocycles. The quantitative estimate of drug-likeness (QED) is 0.844. The highest BCUT2D eigenvalue weighted by molar-refractivity contribution is 5.53. The van der Waals surface area contributed by atoms with Gasteiger partial charge in [-0.1, -0.05) is 13.8 Å². The van der Waals surface area contributed by atoms with Gasteiger partial charge in [0, 0.05) is 30.9 Å². The van der Waals surface area contributed by atoms with Gasteiger partial charge in [-0.25, -0.2) is 9.97 Å². The van der Waals surface area contributed by atoms with Crippen LogP contribution < -0.4 is 21.1 Å². The number of rotatable bonds is 6. The zero-order valence-electron chi connectivity index (χ0n) is 14.1. The lowest BCUT2D eigenvalue weighted by Gasteiger charge is -2.22. The number of ether oxygens (including phenoxy) is 1. The fourth-order valence-electron chi connectivity index (χ4n) is 2.28. The van der Waals surface area contributed by atoms with Crippen molar-refractivity contribution in [2.24, 2.45) is 0 Å². The van der Waals surface area contributed by atoms with Crippen LogP contribution in [-0.4, -0.2) is 28.0 Å². The molecule has 0 radical (unpaired) electrons. The molecule has 0 saturated carbocycles. The van der Waals surface area contributed by atoms with Crippen molar-refractivity contribution >= 4 is 17.6 Å². The van der Waals surface area contributed by atoms with Crippen LogP contribution in [-0.2, 0) is 0 Å². The van der Waals surface area contributed by atoms with Crippen molar-refractivity contribution in [1.29, 1.82) is 0 Å². The first kappa shape index (κ1) is 16.8. The Morgan fingerprint density at radius 1 is 1.09 bits per heavy atom. The van der Waals surface area contributed by atoms with E-state index in [0.717, 1.165) is 24.5 Å². The van der Waals surface area contributed by atoms with Crippen LogP contribution in [0, 0.1) is 0 Å². The second-order valence-electron chi connectivity index (χ2n) is 5.49. The number of nitrogens with two attached hydrogens (primary N) is 2. The van der Waals surface area contributed by atoms with Gasteiger partial charge in [0.2, 0.25) is 5.95 Å². The van der Waals surface area contributed by atoms with Crippen LogP contribution in [0.25, 0.3) is 0 Å². The minimum atomic E-state index is 0.123. The normalized spacial score (nSPS) is 10.8. The number of hydrogen-bond donors (Lipinski definition) is 2. The summed E-state index contributed by atoms with van der Waals surface area (Å²) in [6, 6.07) is 1.93. The Labute approximate surface area is 136 Å². The van der Waals surface area contributed by atoms with Gasteiger partial charge in [-0.2, -0.15) is 4.98 Å². The highest BCUT2D eigenvalue weighted by atomic mass is 16.5. The van der Waals surface area contributed by atoms with Crippen LogP contribution >= 0.6 is 0 Å². The molecule has 0 spiro atoms. The van der Waals surface area contributed by atoms with Crippen LogP contribution in [0.5, 0.6) is 11.5 Å². The summed E-state index contributed by atoms with van der Waals surface area (Å²) < 4.78 is 5.96. The SMILES string of the molecule is CCN(CC)c1cc(Oc2cnc(N)nc2N)c(C(C)C)cn1. The number of aromatic nitrogens is 3. The number of nitrogen functional groups attached to an aromatic ring is 2. The number of pyridine rings is 1. The highest BCUT2D eigenvalue weighted by Crippen LogP contribution is 2.34. The molecular weight excluding hydrogens is 292 g/mol. The van der Waals surface area contributed by atoms with Crippen LogP contribution in [0.4, 0.5) is 17.6 Å². The second-order valence-corrected chi connectivity index (χ2v) is 5.49. The van der Waals surface area contributed by atoms with E-state index in [0.29, 0.717) is 11.5 Å². The molecule has 7 heteroatoms. The average molecular weight is 316 g/mol. The third-order valence-electron chi connectivity index (χ3n) is 3.61. The first-order chi connectivity index (χ1) is 11.0. The maximum absolute atomic E-state index is 5.96. The van der Waals surface area contributed by atoms with E-state index in [9.17, 15) is 0 Å². The summed E-state index contributed by atoms with van der Waals surface area (Å²) in [6.07, 6.45) is 3.33. The predicted molar refractivity (Wildman–Crippen MR) is 92.8 cm³/mol. The summed E-state index contributed by atoms with van der Waals surface area (Å²) in [7, 11) is 0. The van der Waals surface area contributed by atoms with E-state index >= 15 is 0 Å². The van der Waals surface area contributed by atoms with Crippen molar-refractivity contribution < 1.29 is 4.74 Å². The van der Waals surface area contributed by atoms with Gasteiger partial charge in [0.25, 0.3) is 0 Å². The van der Waals surface area contributed by atoms with Crippen LogP contribution in [0.15, 0.2) is 18.5 Å². The van der Waals surface area contributed by atoms with E-state index in [1.165, 1.54) is 6.20 Å². The Balaban J connectivity index is 2.43. The molecule has 0 aliphatic carbocycles. The third-order valence-corrected chi connectivity index (χ3v) is 3.61. The van der Waals surface area contributed by atoms with Gasteiger partial charge in [-0.05, 0) is 19.8 Å². The molecule has 0 aromatic carbocycles. The molecule has 2 heterocycles. The minimum absolute atomic E-state index is 0.123. The van der Waals surface area contributed by atoms with Gasteiger partial charge in [0.05, 0.1) is 6.20 Å². The van der Waals surface area contributed by atoms with Gasteiger partial charge in [-0.3, -0.25) is 0 Å². The molecule has 0 atom stereocenters. The predicted octanol–water partition coefficient (Wildman–Crippen LogP) is 2.80. The van der Waals surface area contributed by atoms with Gasteiger partial charge in [0.1, 0.15) is 11.6 Å². The van der Waals surface area contributed by atoms with E-state index in [4.69, 9.17) is 16.2 Å². The molecule has 0 fully saturated rings. The second kappa shape index (κ2) is 7.13. The molecule has 0 saturated heterocycles. The Morgan fingerprint density at radius 3 is 2.35 bits per heavy atom. The fourth-order valence-corrected chi connectivity index (χ4v) is 2.28. The maximum atomic E-state index is 5.96. The number of hydrogen-bond acceptors (Lipinski definition) is 7. The Hall–Kier alpha value is -2.57. The van der Waals surface area contributed by atoms with Gasteiger partial charge < -0.3 is 21.1 Å². The lowest BCUT2D eigenvalue weighted by Crippen LogP contribution is -2.23. The van der Waals surface area contributed by atoms with E-state index in [1.54, 1.807) is 0 Å². The van der Waals surface area contributed by atoms with Crippen molar-refractivity contribution in [1.82, 2.24) is 15.0 Å². The highest BCUT2D eigenvalue weighted by Gasteiger charge is 2.15. The van der Waals surface area contributed by atoms with Gasteiger partial charge in [0.15, 0.2) is 11.6 Å². The van der Waals surface area contributed by atoms with Crippen LogP contribution in [0.1, 0.15) is 39.2 Å². The molecule has 0 aliphatic rings. The Kier molecular flexibility index (Phi) is 5.20. The topological polar surface area (TPSA) is 103 Å².